The number of carbonyl (C=O) groups is 1. The summed E-state index contributed by atoms with van der Waals surface area (Å²) < 4.78 is 11.2. The number of ether oxygens (including phenoxy) is 1. The van der Waals surface area contributed by atoms with Crippen LogP contribution in [0.3, 0.4) is 0 Å². The Kier molecular flexibility index (Phi) is 5.49. The molecule has 0 unspecified atom stereocenters. The Labute approximate surface area is 162 Å². The normalized spacial score (nSPS) is 10.3. The van der Waals surface area contributed by atoms with Crippen molar-refractivity contribution in [1.29, 1.82) is 5.26 Å². The summed E-state index contributed by atoms with van der Waals surface area (Å²) in [4.78, 5) is 12.2. The molecule has 0 spiro atoms. The van der Waals surface area contributed by atoms with Crippen LogP contribution in [0.2, 0.25) is 5.02 Å². The van der Waals surface area contributed by atoms with E-state index in [-0.39, 0.29) is 18.1 Å². The number of hydrogen-bond donors (Lipinski definition) is 1. The predicted octanol–water partition coefficient (Wildman–Crippen LogP) is 5.11. The number of anilines is 1. The molecule has 1 amide bonds. The third-order valence-corrected chi connectivity index (χ3v) is 4.54. The van der Waals surface area contributed by atoms with Crippen LogP contribution in [0.5, 0.6) is 5.75 Å². The maximum Gasteiger partial charge on any atom is 0.264 e. The second kappa shape index (κ2) is 7.98. The average molecular weight is 381 g/mol. The summed E-state index contributed by atoms with van der Waals surface area (Å²) in [6, 6.07) is 16.5. The van der Waals surface area contributed by atoms with Crippen LogP contribution in [0.1, 0.15) is 16.7 Å². The first-order chi connectivity index (χ1) is 13.0. The number of halogens is 1. The standard InChI is InChI=1S/C21H17ClN2O3/c1-13-8-17(9-14(2)20(13)22)26-12-19(25)24-21-16(11-23)10-18(27-21)15-6-4-3-5-7-15/h3-10H,12H2,1-2H3,(H,24,25). The van der Waals surface area contributed by atoms with Gasteiger partial charge in [-0.15, -0.1) is 0 Å². The molecule has 136 valence electrons. The molecule has 0 fully saturated rings. The third kappa shape index (κ3) is 4.30. The minimum absolute atomic E-state index is 0.105. The van der Waals surface area contributed by atoms with Crippen LogP contribution in [0.4, 0.5) is 5.88 Å². The second-order valence-electron chi connectivity index (χ2n) is 6.04. The fourth-order valence-corrected chi connectivity index (χ4v) is 2.72. The first-order valence-electron chi connectivity index (χ1n) is 8.26. The number of nitriles is 1. The predicted molar refractivity (Wildman–Crippen MR) is 104 cm³/mol. The lowest BCUT2D eigenvalue weighted by Gasteiger charge is -2.09. The molecule has 5 nitrogen and oxygen atoms in total. The van der Waals surface area contributed by atoms with E-state index in [2.05, 4.69) is 5.32 Å². The highest BCUT2D eigenvalue weighted by atomic mass is 35.5. The highest BCUT2D eigenvalue weighted by Gasteiger charge is 2.15. The van der Waals surface area contributed by atoms with E-state index in [1.165, 1.54) is 0 Å². The molecule has 3 aromatic rings. The van der Waals surface area contributed by atoms with Crippen LogP contribution in [0.25, 0.3) is 11.3 Å². The molecule has 0 atom stereocenters. The number of carbonyl (C=O) groups excluding carboxylic acids is 1. The van der Waals surface area contributed by atoms with E-state index in [4.69, 9.17) is 20.8 Å². The number of furan rings is 1. The molecule has 0 bridgehead atoms. The highest BCUT2D eigenvalue weighted by molar-refractivity contribution is 6.32. The molecule has 0 radical (unpaired) electrons. The van der Waals surface area contributed by atoms with Gasteiger partial charge in [-0.1, -0.05) is 41.9 Å². The molecule has 27 heavy (non-hydrogen) atoms. The van der Waals surface area contributed by atoms with Crippen molar-refractivity contribution in [1.82, 2.24) is 0 Å². The molecule has 0 aliphatic carbocycles. The molecule has 1 aromatic heterocycles. The van der Waals surface area contributed by atoms with Gasteiger partial charge in [0, 0.05) is 16.7 Å². The summed E-state index contributed by atoms with van der Waals surface area (Å²) in [5.41, 5.74) is 2.81. The Balaban J connectivity index is 1.69. The maximum absolute atomic E-state index is 12.2. The lowest BCUT2D eigenvalue weighted by molar-refractivity contribution is -0.118. The maximum atomic E-state index is 12.2. The monoisotopic (exact) mass is 380 g/mol. The van der Waals surface area contributed by atoms with Crippen molar-refractivity contribution in [2.75, 3.05) is 11.9 Å². The third-order valence-electron chi connectivity index (χ3n) is 3.94. The molecule has 1 N–H and O–H groups in total. The van der Waals surface area contributed by atoms with Gasteiger partial charge in [-0.25, -0.2) is 0 Å². The molecule has 0 saturated heterocycles. The van der Waals surface area contributed by atoms with Crippen LogP contribution in [-0.4, -0.2) is 12.5 Å². The van der Waals surface area contributed by atoms with Gasteiger partial charge in [0.05, 0.1) is 0 Å². The van der Waals surface area contributed by atoms with Crippen molar-refractivity contribution in [2.45, 2.75) is 13.8 Å². The Bertz CT molecular complexity index is 997. The minimum atomic E-state index is -0.425. The number of nitrogens with one attached hydrogen (secondary N) is 1. The number of nitrogens with zero attached hydrogens (tertiary/aromatic N) is 1. The SMILES string of the molecule is Cc1cc(OCC(=O)Nc2oc(-c3ccccc3)cc2C#N)cc(C)c1Cl. The lowest BCUT2D eigenvalue weighted by atomic mass is 10.1. The van der Waals surface area contributed by atoms with Crippen molar-refractivity contribution in [3.8, 4) is 23.1 Å². The van der Waals surface area contributed by atoms with E-state index >= 15 is 0 Å². The second-order valence-corrected chi connectivity index (χ2v) is 6.42. The van der Waals surface area contributed by atoms with E-state index in [1.807, 2.05) is 50.2 Å². The quantitative estimate of drug-likeness (QED) is 0.667. The zero-order valence-electron chi connectivity index (χ0n) is 14.9. The molecule has 3 rings (SSSR count). The summed E-state index contributed by atoms with van der Waals surface area (Å²) >= 11 is 6.13. The zero-order chi connectivity index (χ0) is 19.4. The number of benzene rings is 2. The largest absolute Gasteiger partial charge is 0.484 e. The number of rotatable bonds is 5. The topological polar surface area (TPSA) is 75.3 Å². The molecular formula is C21H17ClN2O3. The fourth-order valence-electron chi connectivity index (χ4n) is 2.61. The number of amides is 1. The molecule has 0 saturated carbocycles. The first kappa shape index (κ1) is 18.6. The van der Waals surface area contributed by atoms with Gasteiger partial charge in [-0.3, -0.25) is 10.1 Å². The smallest absolute Gasteiger partial charge is 0.264 e. The summed E-state index contributed by atoms with van der Waals surface area (Å²) in [5, 5.41) is 12.5. The van der Waals surface area contributed by atoms with Crippen LogP contribution < -0.4 is 10.1 Å². The van der Waals surface area contributed by atoms with E-state index < -0.39 is 5.91 Å². The van der Waals surface area contributed by atoms with Crippen LogP contribution >= 0.6 is 11.6 Å². The van der Waals surface area contributed by atoms with Gasteiger partial charge < -0.3 is 9.15 Å². The van der Waals surface area contributed by atoms with Crippen molar-refractivity contribution in [2.24, 2.45) is 0 Å². The van der Waals surface area contributed by atoms with Gasteiger partial charge >= 0.3 is 0 Å². The van der Waals surface area contributed by atoms with E-state index in [1.54, 1.807) is 18.2 Å². The first-order valence-corrected chi connectivity index (χ1v) is 8.64. The summed E-state index contributed by atoms with van der Waals surface area (Å²) in [7, 11) is 0. The Hall–Kier alpha value is -3.23. The van der Waals surface area contributed by atoms with Crippen LogP contribution in [0.15, 0.2) is 52.9 Å². The minimum Gasteiger partial charge on any atom is -0.484 e. The Morgan fingerprint density at radius 2 is 1.85 bits per heavy atom. The fraction of sp³-hybridized carbons (Fsp3) is 0.143. The van der Waals surface area contributed by atoms with Gasteiger partial charge in [-0.2, -0.15) is 5.26 Å². The van der Waals surface area contributed by atoms with Crippen molar-refractivity contribution >= 4 is 23.4 Å². The van der Waals surface area contributed by atoms with Gasteiger partial charge in [0.15, 0.2) is 6.61 Å². The van der Waals surface area contributed by atoms with E-state index in [9.17, 15) is 10.1 Å². The molecule has 6 heteroatoms. The summed E-state index contributed by atoms with van der Waals surface area (Å²) in [6.07, 6.45) is 0. The summed E-state index contributed by atoms with van der Waals surface area (Å²) in [6.45, 7) is 3.53. The number of hydrogen-bond acceptors (Lipinski definition) is 4. The van der Waals surface area contributed by atoms with E-state index in [0.717, 1.165) is 16.7 Å². The highest BCUT2D eigenvalue weighted by Crippen LogP contribution is 2.29. The Morgan fingerprint density at radius 3 is 2.48 bits per heavy atom. The van der Waals surface area contributed by atoms with Crippen molar-refractivity contribution in [3.63, 3.8) is 0 Å². The van der Waals surface area contributed by atoms with Gasteiger partial charge in [0.2, 0.25) is 5.88 Å². The molecule has 2 aromatic carbocycles. The zero-order valence-corrected chi connectivity index (χ0v) is 15.6. The average Bonchev–Trinajstić information content (AvgIpc) is 3.08. The summed E-state index contributed by atoms with van der Waals surface area (Å²) in [5.74, 6) is 0.737. The van der Waals surface area contributed by atoms with Gasteiger partial charge in [0.1, 0.15) is 23.1 Å². The van der Waals surface area contributed by atoms with E-state index in [0.29, 0.717) is 16.5 Å². The van der Waals surface area contributed by atoms with Gasteiger partial charge in [0.25, 0.3) is 5.91 Å². The van der Waals surface area contributed by atoms with Crippen molar-refractivity contribution < 1.29 is 13.9 Å². The Morgan fingerprint density at radius 1 is 1.19 bits per heavy atom. The molecule has 0 aliphatic heterocycles. The van der Waals surface area contributed by atoms with Gasteiger partial charge in [-0.05, 0) is 37.1 Å². The number of aryl methyl sites for hydroxylation is 2. The molecule has 0 aliphatic rings. The van der Waals surface area contributed by atoms with Crippen LogP contribution in [-0.2, 0) is 4.79 Å². The van der Waals surface area contributed by atoms with Crippen LogP contribution in [0, 0.1) is 25.2 Å². The van der Waals surface area contributed by atoms with Crippen molar-refractivity contribution in [3.05, 3.63) is 70.2 Å². The molecular weight excluding hydrogens is 364 g/mol. The lowest BCUT2D eigenvalue weighted by Crippen LogP contribution is -2.20. The molecule has 1 heterocycles.